The fourth-order valence-corrected chi connectivity index (χ4v) is 4.96. The Kier molecular flexibility index (Phi) is 7.16. The molecule has 1 atom stereocenters. The lowest BCUT2D eigenvalue weighted by Crippen LogP contribution is -2.40. The van der Waals surface area contributed by atoms with Crippen molar-refractivity contribution in [1.29, 1.82) is 0 Å². The molecule has 1 aliphatic rings. The zero-order valence-electron chi connectivity index (χ0n) is 20.0. The average molecular weight is 511 g/mol. The SMILES string of the molecule is CCOC(=O)C1=C(C)N=c2s/c(=C\c3ccc(F)cc3)c(=O)n2C1c1ccc(OC(C)=O)c(OC)c1. The Morgan fingerprint density at radius 3 is 2.53 bits per heavy atom. The van der Waals surface area contributed by atoms with Crippen LogP contribution in [-0.4, -0.2) is 30.2 Å². The maximum atomic E-state index is 13.6. The van der Waals surface area contributed by atoms with Gasteiger partial charge in [0.1, 0.15) is 5.82 Å². The predicted octanol–water partition coefficient (Wildman–Crippen LogP) is 2.87. The summed E-state index contributed by atoms with van der Waals surface area (Å²) >= 11 is 1.16. The van der Waals surface area contributed by atoms with Gasteiger partial charge in [0.25, 0.3) is 5.56 Å². The Hall–Kier alpha value is -4.05. The van der Waals surface area contributed by atoms with E-state index in [0.29, 0.717) is 26.2 Å². The summed E-state index contributed by atoms with van der Waals surface area (Å²) in [6.07, 6.45) is 1.65. The number of halogens is 1. The highest BCUT2D eigenvalue weighted by atomic mass is 32.1. The van der Waals surface area contributed by atoms with Crippen LogP contribution in [0.4, 0.5) is 4.39 Å². The highest BCUT2D eigenvalue weighted by Crippen LogP contribution is 2.36. The summed E-state index contributed by atoms with van der Waals surface area (Å²) in [6, 6.07) is 9.70. The number of rotatable bonds is 6. The van der Waals surface area contributed by atoms with Crippen LogP contribution in [0.15, 0.2) is 63.5 Å². The highest BCUT2D eigenvalue weighted by Gasteiger charge is 2.34. The van der Waals surface area contributed by atoms with Crippen LogP contribution in [0.2, 0.25) is 0 Å². The van der Waals surface area contributed by atoms with Crippen LogP contribution in [-0.2, 0) is 14.3 Å². The van der Waals surface area contributed by atoms with Gasteiger partial charge in [-0.05, 0) is 55.3 Å². The van der Waals surface area contributed by atoms with Gasteiger partial charge in [0.05, 0.1) is 35.6 Å². The van der Waals surface area contributed by atoms with Gasteiger partial charge in [0, 0.05) is 6.92 Å². The number of carbonyl (C=O) groups excluding carboxylic acids is 2. The first-order chi connectivity index (χ1) is 17.2. The molecule has 1 unspecified atom stereocenters. The molecule has 0 saturated carbocycles. The predicted molar refractivity (Wildman–Crippen MR) is 131 cm³/mol. The summed E-state index contributed by atoms with van der Waals surface area (Å²) in [4.78, 5) is 43.0. The molecule has 36 heavy (non-hydrogen) atoms. The number of ether oxygens (including phenoxy) is 3. The summed E-state index contributed by atoms with van der Waals surface area (Å²) in [6.45, 7) is 4.79. The molecule has 0 aliphatic carbocycles. The molecular formula is C26H23FN2O6S. The van der Waals surface area contributed by atoms with E-state index in [2.05, 4.69) is 4.99 Å². The number of nitrogens with zero attached hydrogens (tertiary/aromatic N) is 2. The number of thiazole rings is 1. The molecule has 10 heteroatoms. The Morgan fingerprint density at radius 2 is 1.89 bits per heavy atom. The largest absolute Gasteiger partial charge is 0.493 e. The van der Waals surface area contributed by atoms with Gasteiger partial charge in [-0.1, -0.05) is 29.5 Å². The van der Waals surface area contributed by atoms with Crippen molar-refractivity contribution in [2.24, 2.45) is 4.99 Å². The zero-order valence-corrected chi connectivity index (χ0v) is 20.8. The van der Waals surface area contributed by atoms with Gasteiger partial charge in [-0.25, -0.2) is 14.2 Å². The molecular weight excluding hydrogens is 487 g/mol. The zero-order chi connectivity index (χ0) is 26.0. The lowest BCUT2D eigenvalue weighted by atomic mass is 9.95. The first-order valence-corrected chi connectivity index (χ1v) is 11.9. The van der Waals surface area contributed by atoms with Crippen LogP contribution in [0.1, 0.15) is 37.9 Å². The molecule has 2 aromatic carbocycles. The van der Waals surface area contributed by atoms with Crippen molar-refractivity contribution in [2.45, 2.75) is 26.8 Å². The Balaban J connectivity index is 1.94. The summed E-state index contributed by atoms with van der Waals surface area (Å²) in [5.41, 5.74) is 1.43. The number of fused-ring (bicyclic) bond motifs is 1. The minimum absolute atomic E-state index is 0.145. The molecule has 0 amide bonds. The number of carbonyl (C=O) groups is 2. The molecule has 8 nitrogen and oxygen atoms in total. The van der Waals surface area contributed by atoms with Crippen molar-refractivity contribution >= 4 is 29.4 Å². The molecule has 0 bridgehead atoms. The Bertz CT molecular complexity index is 1550. The van der Waals surface area contributed by atoms with E-state index < -0.39 is 18.0 Å². The van der Waals surface area contributed by atoms with Crippen LogP contribution in [0.25, 0.3) is 6.08 Å². The van der Waals surface area contributed by atoms with Gasteiger partial charge in [-0.2, -0.15) is 0 Å². The third-order valence-electron chi connectivity index (χ3n) is 5.44. The van der Waals surface area contributed by atoms with Gasteiger partial charge < -0.3 is 14.2 Å². The van der Waals surface area contributed by atoms with Crippen LogP contribution in [0.5, 0.6) is 11.5 Å². The molecule has 0 saturated heterocycles. The van der Waals surface area contributed by atoms with Crippen molar-refractivity contribution in [2.75, 3.05) is 13.7 Å². The van der Waals surface area contributed by atoms with Crippen LogP contribution in [0.3, 0.4) is 0 Å². The second kappa shape index (κ2) is 10.3. The molecule has 0 fully saturated rings. The van der Waals surface area contributed by atoms with Gasteiger partial charge in [-0.15, -0.1) is 0 Å². The van der Waals surface area contributed by atoms with Crippen LogP contribution in [0, 0.1) is 5.82 Å². The average Bonchev–Trinajstić information content (AvgIpc) is 3.14. The molecule has 4 rings (SSSR count). The summed E-state index contributed by atoms with van der Waals surface area (Å²) in [7, 11) is 1.42. The second-order valence-corrected chi connectivity index (χ2v) is 8.87. The third-order valence-corrected chi connectivity index (χ3v) is 6.42. The fourth-order valence-electron chi connectivity index (χ4n) is 3.91. The number of esters is 2. The van der Waals surface area contributed by atoms with Crippen molar-refractivity contribution < 1.29 is 28.2 Å². The fraction of sp³-hybridized carbons (Fsp3) is 0.231. The minimum Gasteiger partial charge on any atom is -0.493 e. The minimum atomic E-state index is -0.865. The van der Waals surface area contributed by atoms with Crippen LogP contribution >= 0.6 is 11.3 Å². The quantitative estimate of drug-likeness (QED) is 0.374. The highest BCUT2D eigenvalue weighted by molar-refractivity contribution is 7.07. The summed E-state index contributed by atoms with van der Waals surface area (Å²) < 4.78 is 31.0. The standard InChI is InChI=1S/C26H23FN2O6S/c1-5-34-25(32)22-14(2)28-26-29(24(31)21(36-26)12-16-6-9-18(27)10-7-16)23(22)17-8-11-19(35-15(3)30)20(13-17)33-4/h6-13,23H,5H2,1-4H3/b21-12-. The number of benzene rings is 2. The smallest absolute Gasteiger partial charge is 0.338 e. The lowest BCUT2D eigenvalue weighted by molar-refractivity contribution is -0.139. The number of allylic oxidation sites excluding steroid dienone is 1. The first-order valence-electron chi connectivity index (χ1n) is 11.0. The van der Waals surface area contributed by atoms with E-state index >= 15 is 0 Å². The van der Waals surface area contributed by atoms with Crippen molar-refractivity contribution in [1.82, 2.24) is 4.57 Å². The van der Waals surface area contributed by atoms with E-state index in [0.717, 1.165) is 11.3 Å². The maximum Gasteiger partial charge on any atom is 0.338 e. The number of hydrogen-bond donors (Lipinski definition) is 0. The molecule has 186 valence electrons. The van der Waals surface area contributed by atoms with Crippen LogP contribution < -0.4 is 24.4 Å². The Morgan fingerprint density at radius 1 is 1.17 bits per heavy atom. The van der Waals surface area contributed by atoms with E-state index in [1.807, 2.05) is 0 Å². The first kappa shape index (κ1) is 25.1. The summed E-state index contributed by atoms with van der Waals surface area (Å²) in [5.74, 6) is -1.03. The van der Waals surface area contributed by atoms with E-state index in [1.165, 1.54) is 30.7 Å². The molecule has 2 heterocycles. The van der Waals surface area contributed by atoms with Gasteiger partial charge >= 0.3 is 11.9 Å². The van der Waals surface area contributed by atoms with E-state index in [9.17, 15) is 18.8 Å². The molecule has 0 radical (unpaired) electrons. The van der Waals surface area contributed by atoms with Gasteiger partial charge in [0.15, 0.2) is 16.3 Å². The van der Waals surface area contributed by atoms with Crippen molar-refractivity contribution in [3.8, 4) is 11.5 Å². The van der Waals surface area contributed by atoms with Gasteiger partial charge in [-0.3, -0.25) is 14.2 Å². The summed E-state index contributed by atoms with van der Waals surface area (Å²) in [5, 5.41) is 0. The maximum absolute atomic E-state index is 13.6. The van der Waals surface area contributed by atoms with Crippen molar-refractivity contribution in [3.05, 3.63) is 90.4 Å². The number of methoxy groups -OCH3 is 1. The van der Waals surface area contributed by atoms with E-state index in [4.69, 9.17) is 14.2 Å². The third kappa shape index (κ3) is 4.85. The second-order valence-electron chi connectivity index (χ2n) is 7.86. The molecule has 1 aromatic heterocycles. The lowest BCUT2D eigenvalue weighted by Gasteiger charge is -2.25. The monoisotopic (exact) mass is 510 g/mol. The Labute approximate surface area is 209 Å². The molecule has 3 aromatic rings. The molecule has 0 spiro atoms. The topological polar surface area (TPSA) is 96.2 Å². The van der Waals surface area contributed by atoms with E-state index in [-0.39, 0.29) is 35.1 Å². The number of hydrogen-bond acceptors (Lipinski definition) is 8. The van der Waals surface area contributed by atoms with E-state index in [1.54, 1.807) is 50.3 Å². The van der Waals surface area contributed by atoms with Crippen molar-refractivity contribution in [3.63, 3.8) is 0 Å². The molecule has 0 N–H and O–H groups in total. The van der Waals surface area contributed by atoms with Gasteiger partial charge in [0.2, 0.25) is 0 Å². The number of aromatic nitrogens is 1. The normalized spacial score (nSPS) is 15.2. The molecule has 1 aliphatic heterocycles.